The van der Waals surface area contributed by atoms with Crippen LogP contribution < -0.4 is 16.0 Å². The van der Waals surface area contributed by atoms with Crippen LogP contribution in [0.1, 0.15) is 50.5 Å². The van der Waals surface area contributed by atoms with E-state index in [9.17, 15) is 4.79 Å². The summed E-state index contributed by atoms with van der Waals surface area (Å²) in [6.45, 7) is 7.90. The Morgan fingerprint density at radius 1 is 1.11 bits per heavy atom. The molecule has 0 aliphatic rings. The lowest BCUT2D eigenvalue weighted by Crippen LogP contribution is -2.19. The molecule has 0 radical (unpaired) electrons. The van der Waals surface area contributed by atoms with Crippen molar-refractivity contribution in [2.45, 2.75) is 39.0 Å². The molecule has 0 bridgehead atoms. The highest BCUT2D eigenvalue weighted by Crippen LogP contribution is 2.24. The fourth-order valence-corrected chi connectivity index (χ4v) is 3.10. The van der Waals surface area contributed by atoms with Crippen molar-refractivity contribution < 1.29 is 9.32 Å². The maximum Gasteiger partial charge on any atom is 0.324 e. The number of carbonyl (C=O) groups excluding carboxylic acids is 1. The van der Waals surface area contributed by atoms with Gasteiger partial charge < -0.3 is 20.1 Å². The number of urea groups is 1. The van der Waals surface area contributed by atoms with Gasteiger partial charge in [0.25, 0.3) is 0 Å². The third-order valence-corrected chi connectivity index (χ3v) is 4.99. The molecule has 2 aromatic heterocycles. The molecular formula is C26H33N7O2. The van der Waals surface area contributed by atoms with Crippen LogP contribution in [-0.2, 0) is 5.41 Å². The Balaban J connectivity index is 1.60. The van der Waals surface area contributed by atoms with Crippen LogP contribution in [0.4, 0.5) is 22.1 Å². The first-order valence-electron chi connectivity index (χ1n) is 11.6. The zero-order valence-corrected chi connectivity index (χ0v) is 21.0. The summed E-state index contributed by atoms with van der Waals surface area (Å²) in [4.78, 5) is 23.0. The van der Waals surface area contributed by atoms with Crippen LogP contribution in [0.25, 0.3) is 0 Å². The van der Waals surface area contributed by atoms with Crippen molar-refractivity contribution in [3.63, 3.8) is 0 Å². The molecule has 3 rings (SSSR count). The summed E-state index contributed by atoms with van der Waals surface area (Å²) in [5, 5.41) is 12.7. The van der Waals surface area contributed by atoms with E-state index in [0.717, 1.165) is 37.1 Å². The van der Waals surface area contributed by atoms with Gasteiger partial charge in [0, 0.05) is 35.5 Å². The minimum absolute atomic E-state index is 0.193. The zero-order valence-electron chi connectivity index (χ0n) is 21.0. The normalized spacial score (nSPS) is 11.0. The third kappa shape index (κ3) is 8.43. The highest BCUT2D eigenvalue weighted by Gasteiger charge is 2.20. The molecule has 0 atom stereocenters. The van der Waals surface area contributed by atoms with E-state index in [0.29, 0.717) is 23.1 Å². The molecule has 0 saturated heterocycles. The average Bonchev–Trinajstić information content (AvgIpc) is 3.27. The fourth-order valence-electron chi connectivity index (χ4n) is 3.10. The van der Waals surface area contributed by atoms with Crippen LogP contribution in [0.15, 0.2) is 47.4 Å². The Morgan fingerprint density at radius 3 is 2.69 bits per heavy atom. The number of carbonyl (C=O) groups is 1. The SMILES string of the molecule is CN(C)CCCCNc1ncncc1C#Cc1cccc(NC(=O)Nc2cc(C(C)(C)C)on2)c1. The van der Waals surface area contributed by atoms with Crippen LogP contribution in [0.5, 0.6) is 0 Å². The minimum Gasteiger partial charge on any atom is -0.369 e. The molecule has 0 saturated carbocycles. The lowest BCUT2D eigenvalue weighted by Gasteiger charge is -2.12. The lowest BCUT2D eigenvalue weighted by atomic mass is 9.93. The molecule has 0 spiro atoms. The number of hydrogen-bond acceptors (Lipinski definition) is 7. The van der Waals surface area contributed by atoms with Gasteiger partial charge in [-0.25, -0.2) is 14.8 Å². The summed E-state index contributed by atoms with van der Waals surface area (Å²) in [6.07, 6.45) is 5.35. The highest BCUT2D eigenvalue weighted by atomic mass is 16.5. The predicted octanol–water partition coefficient (Wildman–Crippen LogP) is 4.56. The van der Waals surface area contributed by atoms with Gasteiger partial charge >= 0.3 is 6.03 Å². The van der Waals surface area contributed by atoms with Gasteiger partial charge in [-0.1, -0.05) is 43.8 Å². The number of nitrogens with one attached hydrogen (secondary N) is 3. The molecular weight excluding hydrogens is 442 g/mol. The second-order valence-corrected chi connectivity index (χ2v) is 9.46. The number of benzene rings is 1. The van der Waals surface area contributed by atoms with E-state index < -0.39 is 6.03 Å². The van der Waals surface area contributed by atoms with E-state index in [1.54, 1.807) is 24.4 Å². The molecule has 1 aromatic carbocycles. The van der Waals surface area contributed by atoms with Crippen LogP contribution in [0, 0.1) is 11.8 Å². The maximum absolute atomic E-state index is 12.4. The Hall–Kier alpha value is -3.90. The molecule has 3 aromatic rings. The summed E-state index contributed by atoms with van der Waals surface area (Å²) in [6, 6.07) is 8.60. The number of aromatic nitrogens is 3. The molecule has 2 heterocycles. The number of rotatable bonds is 8. The van der Waals surface area contributed by atoms with Gasteiger partial charge in [-0.15, -0.1) is 0 Å². The van der Waals surface area contributed by atoms with Gasteiger partial charge in [0.1, 0.15) is 17.9 Å². The minimum atomic E-state index is -0.416. The lowest BCUT2D eigenvalue weighted by molar-refractivity contribution is 0.262. The predicted molar refractivity (Wildman–Crippen MR) is 139 cm³/mol. The van der Waals surface area contributed by atoms with Crippen molar-refractivity contribution in [3.05, 3.63) is 59.7 Å². The van der Waals surface area contributed by atoms with Gasteiger partial charge in [0.2, 0.25) is 0 Å². The van der Waals surface area contributed by atoms with Crippen molar-refractivity contribution >= 4 is 23.4 Å². The maximum atomic E-state index is 12.4. The topological polar surface area (TPSA) is 108 Å². The summed E-state index contributed by atoms with van der Waals surface area (Å²) < 4.78 is 5.30. The van der Waals surface area contributed by atoms with Gasteiger partial charge in [-0.3, -0.25) is 5.32 Å². The van der Waals surface area contributed by atoms with Crippen molar-refractivity contribution in [1.29, 1.82) is 0 Å². The van der Waals surface area contributed by atoms with Crippen molar-refractivity contribution in [1.82, 2.24) is 20.0 Å². The van der Waals surface area contributed by atoms with Gasteiger partial charge in [0.05, 0.1) is 5.56 Å². The van der Waals surface area contributed by atoms with E-state index in [1.165, 1.54) is 6.33 Å². The molecule has 0 unspecified atom stereocenters. The smallest absolute Gasteiger partial charge is 0.324 e. The van der Waals surface area contributed by atoms with Crippen LogP contribution in [-0.4, -0.2) is 53.2 Å². The van der Waals surface area contributed by atoms with Crippen LogP contribution in [0.2, 0.25) is 0 Å². The Labute approximate surface area is 206 Å². The highest BCUT2D eigenvalue weighted by molar-refractivity contribution is 5.99. The van der Waals surface area contributed by atoms with Crippen LogP contribution in [0.3, 0.4) is 0 Å². The van der Waals surface area contributed by atoms with E-state index in [4.69, 9.17) is 4.52 Å². The van der Waals surface area contributed by atoms with Crippen molar-refractivity contribution in [3.8, 4) is 11.8 Å². The van der Waals surface area contributed by atoms with Crippen molar-refractivity contribution in [2.24, 2.45) is 0 Å². The number of hydrogen-bond donors (Lipinski definition) is 3. The molecule has 0 fully saturated rings. The number of amides is 2. The molecule has 0 aliphatic heterocycles. The Kier molecular flexibility index (Phi) is 8.81. The second kappa shape index (κ2) is 12.0. The molecule has 9 heteroatoms. The average molecular weight is 476 g/mol. The third-order valence-electron chi connectivity index (χ3n) is 4.99. The first-order valence-corrected chi connectivity index (χ1v) is 11.6. The molecule has 2 amide bonds. The monoisotopic (exact) mass is 475 g/mol. The van der Waals surface area contributed by atoms with Crippen LogP contribution >= 0.6 is 0 Å². The Bertz CT molecular complexity index is 1190. The molecule has 3 N–H and O–H groups in total. The van der Waals surface area contributed by atoms with Crippen molar-refractivity contribution in [2.75, 3.05) is 43.1 Å². The second-order valence-electron chi connectivity index (χ2n) is 9.46. The Morgan fingerprint density at radius 2 is 1.94 bits per heavy atom. The molecule has 35 heavy (non-hydrogen) atoms. The molecule has 9 nitrogen and oxygen atoms in total. The fraction of sp³-hybridized carbons (Fsp3) is 0.385. The van der Waals surface area contributed by atoms with E-state index in [-0.39, 0.29) is 5.41 Å². The largest absolute Gasteiger partial charge is 0.369 e. The number of anilines is 3. The summed E-state index contributed by atoms with van der Waals surface area (Å²) >= 11 is 0. The van der Waals surface area contributed by atoms with E-state index in [2.05, 4.69) is 61.9 Å². The van der Waals surface area contributed by atoms with Gasteiger partial charge in [-0.05, 0) is 51.7 Å². The summed E-state index contributed by atoms with van der Waals surface area (Å²) in [5.74, 6) is 8.02. The van der Waals surface area contributed by atoms with E-state index >= 15 is 0 Å². The first kappa shape index (κ1) is 25.7. The number of nitrogens with zero attached hydrogens (tertiary/aromatic N) is 4. The quantitative estimate of drug-likeness (QED) is 0.324. The molecule has 184 valence electrons. The summed E-state index contributed by atoms with van der Waals surface area (Å²) in [5.41, 5.74) is 1.89. The molecule has 0 aliphatic carbocycles. The van der Waals surface area contributed by atoms with Gasteiger partial charge in [0.15, 0.2) is 5.82 Å². The number of unbranched alkanes of at least 4 members (excludes halogenated alkanes) is 1. The first-order chi connectivity index (χ1) is 16.7. The van der Waals surface area contributed by atoms with Gasteiger partial charge in [-0.2, -0.15) is 0 Å². The summed E-state index contributed by atoms with van der Waals surface area (Å²) in [7, 11) is 4.14. The standard InChI is InChI=1S/C26H33N7O2/c1-26(2,3)22-16-23(32-35-22)31-25(34)30-21-10-8-9-19(15-21)11-12-20-17-27-18-29-24(20)28-13-6-7-14-33(4)5/h8-10,15-18H,6-7,13-14H2,1-5H3,(H,27,28,29)(H2,30,31,32,34). The zero-order chi connectivity index (χ0) is 25.3. The van der Waals surface area contributed by atoms with E-state index in [1.807, 2.05) is 32.9 Å².